The molecule has 4 aliphatic rings. The van der Waals surface area contributed by atoms with Crippen LogP contribution in [0.5, 0.6) is 0 Å². The molecule has 0 spiro atoms. The third-order valence-corrected chi connectivity index (χ3v) is 13.8. The standard InChI is InChI=1S/C42H64N2O9/c1-25(13-17-35(47)51-7)29-14-15-30-37-31(23-34(46)42(29,30)6)41(5)20-19-28(21-27(41)22-33(37)45)43-38(49)32(44-39(50)53-40(2,3)4)16-18-36(48)52-24-26-11-9-8-10-12-26/h8-12,25,27-34,37,45-46H,13-24H2,1-7H3,(H,43,49)(H,44,50)/t25-,27+,28+,29-,30+,31+,32+,33-,34+,37+,41+,42-/m1/s1. The molecular formula is C42H64N2O9. The van der Waals surface area contributed by atoms with E-state index in [1.807, 2.05) is 30.3 Å². The van der Waals surface area contributed by atoms with Crippen LogP contribution in [0.3, 0.4) is 0 Å². The van der Waals surface area contributed by atoms with Crippen molar-refractivity contribution in [2.45, 2.75) is 149 Å². The molecule has 53 heavy (non-hydrogen) atoms. The number of methoxy groups -OCH3 is 1. The molecule has 4 N–H and O–H groups in total. The number of fused-ring (bicyclic) bond motifs is 5. The third kappa shape index (κ3) is 9.21. The minimum atomic E-state index is -1.000. The van der Waals surface area contributed by atoms with Crippen LogP contribution >= 0.6 is 0 Å². The second kappa shape index (κ2) is 16.7. The first-order valence-corrected chi connectivity index (χ1v) is 19.9. The molecule has 4 aliphatic carbocycles. The van der Waals surface area contributed by atoms with Gasteiger partial charge in [-0.2, -0.15) is 0 Å². The van der Waals surface area contributed by atoms with E-state index in [1.165, 1.54) is 7.11 Å². The van der Waals surface area contributed by atoms with Crippen molar-refractivity contribution in [3.63, 3.8) is 0 Å². The number of amides is 2. The third-order valence-electron chi connectivity index (χ3n) is 13.8. The van der Waals surface area contributed by atoms with E-state index in [1.54, 1.807) is 20.8 Å². The fourth-order valence-corrected chi connectivity index (χ4v) is 11.0. The maximum absolute atomic E-state index is 13.8. The molecule has 0 heterocycles. The molecule has 4 saturated carbocycles. The number of rotatable bonds is 12. The van der Waals surface area contributed by atoms with Crippen molar-refractivity contribution in [2.24, 2.45) is 46.3 Å². The average molecular weight is 741 g/mol. The van der Waals surface area contributed by atoms with Crippen molar-refractivity contribution in [1.29, 1.82) is 0 Å². The van der Waals surface area contributed by atoms with Gasteiger partial charge in [-0.05, 0) is 130 Å². The van der Waals surface area contributed by atoms with E-state index in [2.05, 4.69) is 31.4 Å². The lowest BCUT2D eigenvalue weighted by atomic mass is 9.43. The summed E-state index contributed by atoms with van der Waals surface area (Å²) in [5.41, 5.74) is -0.328. The first-order chi connectivity index (χ1) is 25.0. The molecule has 4 fully saturated rings. The van der Waals surface area contributed by atoms with Gasteiger partial charge >= 0.3 is 18.0 Å². The van der Waals surface area contributed by atoms with Crippen LogP contribution in [-0.2, 0) is 35.2 Å². The zero-order valence-electron chi connectivity index (χ0n) is 32.9. The Balaban J connectivity index is 1.22. The summed E-state index contributed by atoms with van der Waals surface area (Å²) < 4.78 is 15.8. The smallest absolute Gasteiger partial charge is 0.408 e. The lowest BCUT2D eigenvalue weighted by Gasteiger charge is -2.63. The monoisotopic (exact) mass is 740 g/mol. The quantitative estimate of drug-likeness (QED) is 0.147. The largest absolute Gasteiger partial charge is 0.469 e. The van der Waals surface area contributed by atoms with Crippen LogP contribution in [-0.4, -0.2) is 71.2 Å². The van der Waals surface area contributed by atoms with Gasteiger partial charge in [0.15, 0.2) is 0 Å². The summed E-state index contributed by atoms with van der Waals surface area (Å²) in [5, 5.41) is 29.7. The van der Waals surface area contributed by atoms with E-state index in [0.717, 1.165) is 37.7 Å². The van der Waals surface area contributed by atoms with Gasteiger partial charge < -0.3 is 35.1 Å². The van der Waals surface area contributed by atoms with Crippen molar-refractivity contribution in [1.82, 2.24) is 10.6 Å². The predicted octanol–water partition coefficient (Wildman–Crippen LogP) is 6.08. The summed E-state index contributed by atoms with van der Waals surface area (Å²) in [6.45, 7) is 12.1. The van der Waals surface area contributed by atoms with Crippen molar-refractivity contribution in [3.8, 4) is 0 Å². The topological polar surface area (TPSA) is 160 Å². The Kier molecular flexibility index (Phi) is 12.9. The number of hydrogen-bond acceptors (Lipinski definition) is 9. The minimum Gasteiger partial charge on any atom is -0.469 e. The molecule has 1 aromatic carbocycles. The van der Waals surface area contributed by atoms with Gasteiger partial charge in [0.1, 0.15) is 18.2 Å². The highest BCUT2D eigenvalue weighted by molar-refractivity contribution is 5.86. The molecule has 0 aromatic heterocycles. The first-order valence-electron chi connectivity index (χ1n) is 19.9. The van der Waals surface area contributed by atoms with Gasteiger partial charge in [-0.1, -0.05) is 51.1 Å². The van der Waals surface area contributed by atoms with Gasteiger partial charge in [0.25, 0.3) is 0 Å². The lowest BCUT2D eigenvalue weighted by Crippen LogP contribution is -2.63. The van der Waals surface area contributed by atoms with Gasteiger partial charge in [0, 0.05) is 18.9 Å². The highest BCUT2D eigenvalue weighted by atomic mass is 16.6. The number of carbonyl (C=O) groups excluding carboxylic acids is 4. The van der Waals surface area contributed by atoms with Crippen LogP contribution in [0.4, 0.5) is 4.79 Å². The molecule has 1 aromatic rings. The number of aliphatic hydroxyl groups is 2. The van der Waals surface area contributed by atoms with Crippen molar-refractivity contribution in [3.05, 3.63) is 35.9 Å². The molecule has 5 rings (SSSR count). The van der Waals surface area contributed by atoms with Gasteiger partial charge in [-0.15, -0.1) is 0 Å². The number of aliphatic hydroxyl groups excluding tert-OH is 2. The normalized spacial score (nSPS) is 34.7. The van der Waals surface area contributed by atoms with E-state index in [4.69, 9.17) is 14.2 Å². The van der Waals surface area contributed by atoms with Crippen LogP contribution in [0.25, 0.3) is 0 Å². The van der Waals surface area contributed by atoms with E-state index < -0.39 is 35.9 Å². The number of nitrogens with one attached hydrogen (secondary N) is 2. The molecular weight excluding hydrogens is 676 g/mol. The summed E-state index contributed by atoms with van der Waals surface area (Å²) in [4.78, 5) is 51.1. The number of esters is 2. The fourth-order valence-electron chi connectivity index (χ4n) is 11.0. The summed E-state index contributed by atoms with van der Waals surface area (Å²) in [6.07, 6.45) is 4.85. The van der Waals surface area contributed by atoms with Crippen molar-refractivity contribution in [2.75, 3.05) is 7.11 Å². The Labute approximate surface area is 315 Å². The Morgan fingerprint density at radius 1 is 0.925 bits per heavy atom. The van der Waals surface area contributed by atoms with Gasteiger partial charge in [-0.25, -0.2) is 4.79 Å². The molecule has 0 radical (unpaired) electrons. The number of benzene rings is 1. The Morgan fingerprint density at radius 2 is 1.62 bits per heavy atom. The second-order valence-electron chi connectivity index (χ2n) is 18.1. The Morgan fingerprint density at radius 3 is 2.30 bits per heavy atom. The lowest BCUT2D eigenvalue weighted by molar-refractivity contribution is -0.202. The highest BCUT2D eigenvalue weighted by Gasteiger charge is 2.65. The first kappa shape index (κ1) is 41.0. The predicted molar refractivity (Wildman–Crippen MR) is 199 cm³/mol. The number of alkyl carbamates (subject to hydrolysis) is 1. The van der Waals surface area contributed by atoms with E-state index in [0.29, 0.717) is 25.7 Å². The van der Waals surface area contributed by atoms with Crippen LogP contribution in [0.2, 0.25) is 0 Å². The zero-order valence-corrected chi connectivity index (χ0v) is 32.9. The number of ether oxygens (including phenoxy) is 3. The maximum Gasteiger partial charge on any atom is 0.408 e. The van der Waals surface area contributed by atoms with Crippen LogP contribution in [0.1, 0.15) is 118 Å². The molecule has 0 saturated heterocycles. The molecule has 11 nitrogen and oxygen atoms in total. The summed E-state index contributed by atoms with van der Waals surface area (Å²) in [6, 6.07) is 8.19. The molecule has 0 bridgehead atoms. The van der Waals surface area contributed by atoms with Crippen molar-refractivity contribution >= 4 is 23.9 Å². The molecule has 2 amide bonds. The fraction of sp³-hybridized carbons (Fsp3) is 0.762. The average Bonchev–Trinajstić information content (AvgIpc) is 3.46. The zero-order chi connectivity index (χ0) is 38.7. The van der Waals surface area contributed by atoms with E-state index in [9.17, 15) is 29.4 Å². The minimum absolute atomic E-state index is 0.0510. The summed E-state index contributed by atoms with van der Waals surface area (Å²) >= 11 is 0. The van der Waals surface area contributed by atoms with Crippen LogP contribution in [0, 0.1) is 46.3 Å². The highest BCUT2D eigenvalue weighted by Crippen LogP contribution is 2.68. The molecule has 0 unspecified atom stereocenters. The van der Waals surface area contributed by atoms with E-state index in [-0.39, 0.29) is 83.7 Å². The molecule has 12 atom stereocenters. The van der Waals surface area contributed by atoms with Crippen molar-refractivity contribution < 1.29 is 43.6 Å². The molecule has 0 aliphatic heterocycles. The number of hydrogen-bond donors (Lipinski definition) is 4. The Bertz CT molecular complexity index is 1450. The van der Waals surface area contributed by atoms with E-state index >= 15 is 0 Å². The SMILES string of the molecule is COC(=O)CC[C@@H](C)[C@H]1CC[C@H]2[C@@H]3[C@H](O)C[C@@H]4C[C@@H](NC(=O)[C@H](CCC(=O)OCc5ccccc5)NC(=O)OC(C)(C)C)CC[C@]4(C)[C@H]3C[C@H](O)[C@]12C. The summed E-state index contributed by atoms with van der Waals surface area (Å²) in [5.74, 6) is 0.0803. The van der Waals surface area contributed by atoms with Crippen LogP contribution < -0.4 is 10.6 Å². The maximum atomic E-state index is 13.8. The van der Waals surface area contributed by atoms with Gasteiger partial charge in [0.05, 0.1) is 19.3 Å². The van der Waals surface area contributed by atoms with Gasteiger partial charge in [-0.3, -0.25) is 14.4 Å². The van der Waals surface area contributed by atoms with Crippen LogP contribution in [0.15, 0.2) is 30.3 Å². The Hall–Kier alpha value is -3.18. The molecule has 296 valence electrons. The second-order valence-corrected chi connectivity index (χ2v) is 18.1. The number of carbonyl (C=O) groups is 4. The van der Waals surface area contributed by atoms with Gasteiger partial charge in [0.2, 0.25) is 5.91 Å². The molecule has 11 heteroatoms. The summed E-state index contributed by atoms with van der Waals surface area (Å²) in [7, 11) is 1.42.